The summed E-state index contributed by atoms with van der Waals surface area (Å²) >= 11 is 0. The Morgan fingerprint density at radius 1 is 1.44 bits per heavy atom. The molecule has 2 rings (SSSR count). The van der Waals surface area contributed by atoms with E-state index in [1.165, 1.54) is 6.07 Å². The highest BCUT2D eigenvalue weighted by Gasteiger charge is 2.10. The molecule has 0 radical (unpaired) electrons. The van der Waals surface area contributed by atoms with Crippen LogP contribution < -0.4 is 5.73 Å². The molecule has 3 N–H and O–H groups in total. The van der Waals surface area contributed by atoms with Crippen LogP contribution in [-0.4, -0.2) is 21.4 Å². The number of nitrogens with two attached hydrogens (primary N) is 1. The Hall–Kier alpha value is -1.88. The van der Waals surface area contributed by atoms with Gasteiger partial charge in [-0.1, -0.05) is 12.1 Å². The molecule has 5 heteroatoms. The lowest BCUT2D eigenvalue weighted by Gasteiger charge is -2.01. The number of phenols is 1. The normalized spacial score (nSPS) is 10.6. The highest BCUT2D eigenvalue weighted by Crippen LogP contribution is 2.27. The molecule has 2 aromatic rings. The van der Waals surface area contributed by atoms with Crippen molar-refractivity contribution in [1.29, 1.82) is 0 Å². The van der Waals surface area contributed by atoms with E-state index in [4.69, 9.17) is 5.73 Å². The average molecular weight is 221 g/mol. The summed E-state index contributed by atoms with van der Waals surface area (Å²) in [4.78, 5) is 0. The van der Waals surface area contributed by atoms with Crippen molar-refractivity contribution < 1.29 is 9.50 Å². The van der Waals surface area contributed by atoms with Crippen LogP contribution in [0.3, 0.4) is 0 Å². The van der Waals surface area contributed by atoms with E-state index in [2.05, 4.69) is 5.10 Å². The van der Waals surface area contributed by atoms with Crippen LogP contribution in [0.25, 0.3) is 11.1 Å². The maximum absolute atomic E-state index is 13.6. The van der Waals surface area contributed by atoms with Gasteiger partial charge in [-0.3, -0.25) is 4.68 Å². The maximum Gasteiger partial charge on any atom is 0.172 e. The first-order chi connectivity index (χ1) is 7.72. The summed E-state index contributed by atoms with van der Waals surface area (Å²) in [7, 11) is 0. The molecule has 1 aromatic heterocycles. The molecule has 0 unspecified atom stereocenters. The van der Waals surface area contributed by atoms with Crippen LogP contribution in [-0.2, 0) is 6.54 Å². The summed E-state index contributed by atoms with van der Waals surface area (Å²) < 4.78 is 15.2. The largest absolute Gasteiger partial charge is 0.505 e. The first-order valence-electron chi connectivity index (χ1n) is 4.92. The van der Waals surface area contributed by atoms with E-state index in [-0.39, 0.29) is 5.75 Å². The van der Waals surface area contributed by atoms with Gasteiger partial charge in [-0.2, -0.15) is 5.10 Å². The minimum atomic E-state index is -0.630. The van der Waals surface area contributed by atoms with Crippen molar-refractivity contribution in [2.45, 2.75) is 6.54 Å². The van der Waals surface area contributed by atoms with E-state index >= 15 is 0 Å². The summed E-state index contributed by atoms with van der Waals surface area (Å²) in [5.74, 6) is -0.987. The first kappa shape index (κ1) is 10.6. The van der Waals surface area contributed by atoms with E-state index in [9.17, 15) is 9.50 Å². The molecular formula is C11H12FN3O. The fraction of sp³-hybridized carbons (Fsp3) is 0.182. The van der Waals surface area contributed by atoms with Gasteiger partial charge in [-0.15, -0.1) is 0 Å². The molecule has 0 atom stereocenters. The molecule has 0 amide bonds. The number of hydrogen-bond donors (Lipinski definition) is 2. The molecule has 84 valence electrons. The second-order valence-electron chi connectivity index (χ2n) is 3.42. The van der Waals surface area contributed by atoms with Crippen molar-refractivity contribution in [3.8, 4) is 16.9 Å². The summed E-state index contributed by atoms with van der Waals surface area (Å²) in [6, 6.07) is 4.50. The Morgan fingerprint density at radius 2 is 2.25 bits per heavy atom. The van der Waals surface area contributed by atoms with Gasteiger partial charge in [0.15, 0.2) is 11.6 Å². The number of aromatic nitrogens is 2. The summed E-state index contributed by atoms with van der Waals surface area (Å²) in [6.07, 6.45) is 3.25. The molecule has 1 aromatic carbocycles. The lowest BCUT2D eigenvalue weighted by Crippen LogP contribution is -2.09. The minimum absolute atomic E-state index is 0.336. The third-order valence-corrected chi connectivity index (χ3v) is 2.28. The van der Waals surface area contributed by atoms with Gasteiger partial charge in [-0.25, -0.2) is 4.39 Å². The quantitative estimate of drug-likeness (QED) is 0.822. The zero-order chi connectivity index (χ0) is 11.5. The number of nitrogens with zero attached hydrogens (tertiary/aromatic N) is 2. The molecule has 0 aliphatic rings. The van der Waals surface area contributed by atoms with Crippen molar-refractivity contribution in [1.82, 2.24) is 9.78 Å². The van der Waals surface area contributed by atoms with E-state index in [0.717, 1.165) is 0 Å². The second-order valence-corrected chi connectivity index (χ2v) is 3.42. The highest BCUT2D eigenvalue weighted by molar-refractivity contribution is 5.64. The Bertz CT molecular complexity index is 496. The fourth-order valence-corrected chi connectivity index (χ4v) is 1.50. The lowest BCUT2D eigenvalue weighted by atomic mass is 10.1. The van der Waals surface area contributed by atoms with E-state index in [0.29, 0.717) is 24.2 Å². The average Bonchev–Trinajstić information content (AvgIpc) is 2.71. The van der Waals surface area contributed by atoms with Crippen LogP contribution in [0.5, 0.6) is 5.75 Å². The third kappa shape index (κ3) is 1.90. The van der Waals surface area contributed by atoms with Crippen molar-refractivity contribution in [2.24, 2.45) is 5.73 Å². The Kier molecular flexibility index (Phi) is 2.87. The van der Waals surface area contributed by atoms with Crippen LogP contribution in [0.15, 0.2) is 30.6 Å². The summed E-state index contributed by atoms with van der Waals surface area (Å²) in [6.45, 7) is 1.06. The van der Waals surface area contributed by atoms with Crippen LogP contribution in [0.2, 0.25) is 0 Å². The molecule has 1 heterocycles. The zero-order valence-corrected chi connectivity index (χ0v) is 8.60. The number of hydrogen-bond acceptors (Lipinski definition) is 3. The number of benzene rings is 1. The molecule has 4 nitrogen and oxygen atoms in total. The molecule has 0 spiro atoms. The topological polar surface area (TPSA) is 64.1 Å². The standard InChI is InChI=1S/C11H12FN3O/c12-11-9(2-1-3-10(11)16)8-6-14-15(7-8)5-4-13/h1-3,6-7,16H,4-5,13H2. The predicted molar refractivity (Wildman–Crippen MR) is 58.3 cm³/mol. The van der Waals surface area contributed by atoms with Gasteiger partial charge in [-0.05, 0) is 6.07 Å². The molecule has 0 aliphatic carbocycles. The van der Waals surface area contributed by atoms with Crippen molar-refractivity contribution in [3.63, 3.8) is 0 Å². The monoisotopic (exact) mass is 221 g/mol. The Morgan fingerprint density at radius 3 is 3.00 bits per heavy atom. The van der Waals surface area contributed by atoms with Gasteiger partial charge in [0.05, 0.1) is 12.7 Å². The molecular weight excluding hydrogens is 209 g/mol. The zero-order valence-electron chi connectivity index (χ0n) is 8.60. The van der Waals surface area contributed by atoms with Crippen molar-refractivity contribution in [3.05, 3.63) is 36.4 Å². The Labute approximate surface area is 92.1 Å². The first-order valence-corrected chi connectivity index (χ1v) is 4.92. The number of phenolic OH excluding ortho intramolecular Hbond substituents is 1. The van der Waals surface area contributed by atoms with Crippen LogP contribution >= 0.6 is 0 Å². The van der Waals surface area contributed by atoms with E-state index < -0.39 is 5.82 Å². The van der Waals surface area contributed by atoms with Gasteiger partial charge in [0.25, 0.3) is 0 Å². The molecule has 0 fully saturated rings. The van der Waals surface area contributed by atoms with Crippen LogP contribution in [0, 0.1) is 5.82 Å². The van der Waals surface area contributed by atoms with Crippen LogP contribution in [0.4, 0.5) is 4.39 Å². The fourth-order valence-electron chi connectivity index (χ4n) is 1.50. The van der Waals surface area contributed by atoms with Gasteiger partial charge < -0.3 is 10.8 Å². The smallest absolute Gasteiger partial charge is 0.172 e. The van der Waals surface area contributed by atoms with Gasteiger partial charge in [0.2, 0.25) is 0 Å². The third-order valence-electron chi connectivity index (χ3n) is 2.28. The molecule has 0 saturated heterocycles. The number of aromatic hydroxyl groups is 1. The SMILES string of the molecule is NCCn1cc(-c2cccc(O)c2F)cn1. The Balaban J connectivity index is 2.39. The predicted octanol–water partition coefficient (Wildman–Crippen LogP) is 1.35. The minimum Gasteiger partial charge on any atom is -0.505 e. The van der Waals surface area contributed by atoms with E-state index in [1.807, 2.05) is 0 Å². The number of rotatable bonds is 3. The van der Waals surface area contributed by atoms with E-state index in [1.54, 1.807) is 29.2 Å². The van der Waals surface area contributed by atoms with Gasteiger partial charge in [0, 0.05) is 23.9 Å². The molecule has 0 saturated carbocycles. The second kappa shape index (κ2) is 4.32. The molecule has 0 bridgehead atoms. The van der Waals surface area contributed by atoms with Gasteiger partial charge in [0.1, 0.15) is 0 Å². The van der Waals surface area contributed by atoms with Crippen molar-refractivity contribution in [2.75, 3.05) is 6.54 Å². The number of halogens is 1. The van der Waals surface area contributed by atoms with Crippen LogP contribution in [0.1, 0.15) is 0 Å². The highest BCUT2D eigenvalue weighted by atomic mass is 19.1. The lowest BCUT2D eigenvalue weighted by molar-refractivity contribution is 0.433. The summed E-state index contributed by atoms with van der Waals surface area (Å²) in [5, 5.41) is 13.3. The van der Waals surface area contributed by atoms with Crippen molar-refractivity contribution >= 4 is 0 Å². The van der Waals surface area contributed by atoms with Gasteiger partial charge >= 0.3 is 0 Å². The molecule has 0 aliphatic heterocycles. The maximum atomic E-state index is 13.6. The summed E-state index contributed by atoms with van der Waals surface area (Å²) in [5.41, 5.74) is 6.35. The molecule has 16 heavy (non-hydrogen) atoms.